The molecule has 1 rings (SSSR count). The highest BCUT2D eigenvalue weighted by atomic mass is 19.4. The second kappa shape index (κ2) is 4.42. The van der Waals surface area contributed by atoms with E-state index in [0.29, 0.717) is 6.07 Å². The van der Waals surface area contributed by atoms with Crippen LogP contribution in [0.4, 0.5) is 26.3 Å². The Labute approximate surface area is 95.8 Å². The van der Waals surface area contributed by atoms with Crippen molar-refractivity contribution in [3.8, 4) is 17.4 Å². The SMILES string of the molecule is COc1cc(OC(F)(F)F)c(O)c(C(F)(F)F)n1. The van der Waals surface area contributed by atoms with Crippen LogP contribution in [0.1, 0.15) is 5.69 Å². The van der Waals surface area contributed by atoms with E-state index in [1.54, 1.807) is 0 Å². The average molecular weight is 277 g/mol. The van der Waals surface area contributed by atoms with Crippen molar-refractivity contribution in [3.05, 3.63) is 11.8 Å². The molecule has 0 saturated carbocycles. The lowest BCUT2D eigenvalue weighted by atomic mass is 10.3. The van der Waals surface area contributed by atoms with Gasteiger partial charge in [-0.25, -0.2) is 4.98 Å². The molecule has 4 nitrogen and oxygen atoms in total. The second-order valence-electron chi connectivity index (χ2n) is 2.91. The van der Waals surface area contributed by atoms with Crippen LogP contribution in [-0.4, -0.2) is 23.6 Å². The monoisotopic (exact) mass is 277 g/mol. The fourth-order valence-electron chi connectivity index (χ4n) is 0.997. The quantitative estimate of drug-likeness (QED) is 0.844. The van der Waals surface area contributed by atoms with Gasteiger partial charge in [0.15, 0.2) is 17.2 Å². The molecule has 10 heteroatoms. The Morgan fingerprint density at radius 3 is 2.11 bits per heavy atom. The Kier molecular flexibility index (Phi) is 3.49. The zero-order valence-electron chi connectivity index (χ0n) is 8.56. The molecule has 0 unspecified atom stereocenters. The van der Waals surface area contributed by atoms with Gasteiger partial charge in [0.25, 0.3) is 0 Å². The van der Waals surface area contributed by atoms with Crippen molar-refractivity contribution in [2.75, 3.05) is 7.11 Å². The lowest BCUT2D eigenvalue weighted by Gasteiger charge is -2.15. The van der Waals surface area contributed by atoms with E-state index in [1.807, 2.05) is 0 Å². The van der Waals surface area contributed by atoms with Crippen molar-refractivity contribution >= 4 is 0 Å². The first kappa shape index (κ1) is 14.2. The van der Waals surface area contributed by atoms with Crippen molar-refractivity contribution in [3.63, 3.8) is 0 Å². The van der Waals surface area contributed by atoms with Gasteiger partial charge in [-0.2, -0.15) is 13.2 Å². The number of rotatable bonds is 2. The fraction of sp³-hybridized carbons (Fsp3) is 0.375. The number of nitrogens with zero attached hydrogens (tertiary/aromatic N) is 1. The van der Waals surface area contributed by atoms with Crippen LogP contribution in [0, 0.1) is 0 Å². The Hall–Kier alpha value is -1.87. The van der Waals surface area contributed by atoms with Crippen molar-refractivity contribution in [1.82, 2.24) is 4.98 Å². The zero-order valence-corrected chi connectivity index (χ0v) is 8.56. The van der Waals surface area contributed by atoms with Gasteiger partial charge in [-0.3, -0.25) is 0 Å². The van der Waals surface area contributed by atoms with Gasteiger partial charge in [-0.1, -0.05) is 0 Å². The van der Waals surface area contributed by atoms with Gasteiger partial charge < -0.3 is 14.6 Å². The number of hydrogen-bond acceptors (Lipinski definition) is 4. The van der Waals surface area contributed by atoms with E-state index < -0.39 is 35.6 Å². The molecule has 1 heterocycles. The Balaban J connectivity index is 3.34. The topological polar surface area (TPSA) is 51.6 Å². The third-order valence-electron chi connectivity index (χ3n) is 1.64. The molecule has 0 aliphatic carbocycles. The van der Waals surface area contributed by atoms with Gasteiger partial charge in [0, 0.05) is 6.07 Å². The van der Waals surface area contributed by atoms with E-state index >= 15 is 0 Å². The predicted octanol–water partition coefficient (Wildman–Crippen LogP) is 2.71. The molecule has 0 aliphatic heterocycles. The molecule has 0 amide bonds. The van der Waals surface area contributed by atoms with Crippen LogP contribution in [0.2, 0.25) is 0 Å². The van der Waals surface area contributed by atoms with Crippen molar-refractivity contribution in [1.29, 1.82) is 0 Å². The maximum absolute atomic E-state index is 12.4. The lowest BCUT2D eigenvalue weighted by Crippen LogP contribution is -2.18. The molecule has 0 spiro atoms. The summed E-state index contributed by atoms with van der Waals surface area (Å²) in [5.41, 5.74) is -1.93. The molecule has 0 atom stereocenters. The summed E-state index contributed by atoms with van der Waals surface area (Å²) in [6, 6.07) is 0.387. The van der Waals surface area contributed by atoms with Crippen LogP contribution in [0.25, 0.3) is 0 Å². The molecular weight excluding hydrogens is 272 g/mol. The maximum Gasteiger partial charge on any atom is 0.573 e. The summed E-state index contributed by atoms with van der Waals surface area (Å²) < 4.78 is 80.3. The number of aromatic hydroxyl groups is 1. The molecule has 0 saturated heterocycles. The van der Waals surface area contributed by atoms with Crippen LogP contribution >= 0.6 is 0 Å². The number of methoxy groups -OCH3 is 1. The third-order valence-corrected chi connectivity index (χ3v) is 1.64. The molecule has 102 valence electrons. The predicted molar refractivity (Wildman–Crippen MR) is 44.1 cm³/mol. The van der Waals surface area contributed by atoms with E-state index in [-0.39, 0.29) is 0 Å². The standard InChI is InChI=1S/C8H5F6NO3/c1-17-4-2-3(18-8(12,13)14)5(16)6(15-4)7(9,10)11/h2,16H,1H3. The van der Waals surface area contributed by atoms with Gasteiger partial charge in [-0.05, 0) is 0 Å². The number of alkyl halides is 6. The van der Waals surface area contributed by atoms with Gasteiger partial charge in [-0.15, -0.1) is 13.2 Å². The Bertz CT molecular complexity index is 442. The maximum atomic E-state index is 12.4. The third kappa shape index (κ3) is 3.31. The summed E-state index contributed by atoms with van der Waals surface area (Å²) in [5, 5.41) is 9.04. The molecule has 0 radical (unpaired) electrons. The first-order valence-corrected chi connectivity index (χ1v) is 4.15. The number of hydrogen-bond donors (Lipinski definition) is 1. The molecule has 0 bridgehead atoms. The van der Waals surface area contributed by atoms with E-state index in [9.17, 15) is 26.3 Å². The molecule has 0 aliphatic rings. The van der Waals surface area contributed by atoms with Crippen LogP contribution in [0.5, 0.6) is 17.4 Å². The summed E-state index contributed by atoms with van der Waals surface area (Å²) in [5.74, 6) is -3.98. The summed E-state index contributed by atoms with van der Waals surface area (Å²) in [6.45, 7) is 0. The van der Waals surface area contributed by atoms with Gasteiger partial charge >= 0.3 is 12.5 Å². The van der Waals surface area contributed by atoms with Crippen molar-refractivity contribution in [2.45, 2.75) is 12.5 Å². The van der Waals surface area contributed by atoms with E-state index in [4.69, 9.17) is 5.11 Å². The Morgan fingerprint density at radius 1 is 1.17 bits per heavy atom. The molecule has 1 aromatic heterocycles. The van der Waals surface area contributed by atoms with Crippen LogP contribution in [-0.2, 0) is 6.18 Å². The highest BCUT2D eigenvalue weighted by molar-refractivity contribution is 5.46. The molecular formula is C8H5F6NO3. The van der Waals surface area contributed by atoms with Gasteiger partial charge in [0.2, 0.25) is 5.88 Å². The molecule has 18 heavy (non-hydrogen) atoms. The van der Waals surface area contributed by atoms with Crippen molar-refractivity contribution in [2.24, 2.45) is 0 Å². The van der Waals surface area contributed by atoms with Crippen LogP contribution in [0.3, 0.4) is 0 Å². The average Bonchev–Trinajstić information content (AvgIpc) is 2.17. The number of aromatic nitrogens is 1. The Morgan fingerprint density at radius 2 is 1.72 bits per heavy atom. The minimum absolute atomic E-state index is 0.387. The fourth-order valence-corrected chi connectivity index (χ4v) is 0.997. The van der Waals surface area contributed by atoms with E-state index in [0.717, 1.165) is 7.11 Å². The number of pyridine rings is 1. The summed E-state index contributed by atoms with van der Waals surface area (Å²) in [7, 11) is 0.900. The zero-order chi connectivity index (χ0) is 14.1. The van der Waals surface area contributed by atoms with Crippen LogP contribution < -0.4 is 9.47 Å². The highest BCUT2D eigenvalue weighted by Gasteiger charge is 2.40. The minimum Gasteiger partial charge on any atom is -0.503 e. The number of ether oxygens (including phenoxy) is 2. The number of halogens is 6. The first-order valence-electron chi connectivity index (χ1n) is 4.15. The van der Waals surface area contributed by atoms with Crippen LogP contribution in [0.15, 0.2) is 6.07 Å². The first-order chi connectivity index (χ1) is 8.04. The summed E-state index contributed by atoms with van der Waals surface area (Å²) >= 11 is 0. The normalized spacial score (nSPS) is 12.4. The van der Waals surface area contributed by atoms with E-state index in [1.165, 1.54) is 0 Å². The summed E-state index contributed by atoms with van der Waals surface area (Å²) in [4.78, 5) is 2.81. The van der Waals surface area contributed by atoms with Gasteiger partial charge in [0.05, 0.1) is 7.11 Å². The lowest BCUT2D eigenvalue weighted by molar-refractivity contribution is -0.275. The molecule has 0 aromatic carbocycles. The minimum atomic E-state index is -5.26. The smallest absolute Gasteiger partial charge is 0.503 e. The van der Waals surface area contributed by atoms with Gasteiger partial charge in [0.1, 0.15) is 0 Å². The molecule has 1 N–H and O–H groups in total. The summed E-state index contributed by atoms with van der Waals surface area (Å²) in [6.07, 6.45) is -10.4. The van der Waals surface area contributed by atoms with E-state index in [2.05, 4.69) is 14.5 Å². The second-order valence-corrected chi connectivity index (χ2v) is 2.91. The largest absolute Gasteiger partial charge is 0.573 e. The van der Waals surface area contributed by atoms with Crippen molar-refractivity contribution < 1.29 is 40.9 Å². The highest BCUT2D eigenvalue weighted by Crippen LogP contribution is 2.42. The molecule has 1 aromatic rings. The molecule has 0 fully saturated rings.